The highest BCUT2D eigenvalue weighted by Gasteiger charge is 2.25. The van der Waals surface area contributed by atoms with E-state index < -0.39 is 39.2 Å². The molecule has 0 saturated heterocycles. The van der Waals surface area contributed by atoms with Crippen LogP contribution >= 0.6 is 11.3 Å². The van der Waals surface area contributed by atoms with Gasteiger partial charge in [0.2, 0.25) is 10.0 Å². The summed E-state index contributed by atoms with van der Waals surface area (Å²) in [5.74, 6) is -1.75. The quantitative estimate of drug-likeness (QED) is 0.682. The van der Waals surface area contributed by atoms with E-state index >= 15 is 0 Å². The third-order valence-electron chi connectivity index (χ3n) is 3.42. The van der Waals surface area contributed by atoms with E-state index in [-0.39, 0.29) is 5.76 Å². The van der Waals surface area contributed by atoms with E-state index in [0.717, 1.165) is 23.8 Å². The van der Waals surface area contributed by atoms with Gasteiger partial charge in [-0.3, -0.25) is 0 Å². The maximum atomic E-state index is 13.6. The van der Waals surface area contributed by atoms with Crippen molar-refractivity contribution in [1.29, 1.82) is 0 Å². The van der Waals surface area contributed by atoms with Crippen molar-refractivity contribution < 1.29 is 26.7 Å². The molecule has 0 fully saturated rings. The molecule has 9 heteroatoms. The zero-order chi connectivity index (χ0) is 18.0. The third-order valence-corrected chi connectivity index (χ3v) is 5.57. The van der Waals surface area contributed by atoms with Crippen LogP contribution in [0, 0.1) is 11.6 Å². The molecular formula is C16H13F2NO4S2. The topological polar surface area (TPSA) is 79.5 Å². The number of rotatable bonds is 6. The van der Waals surface area contributed by atoms with E-state index in [0.29, 0.717) is 5.76 Å². The van der Waals surface area contributed by atoms with Crippen LogP contribution in [0.1, 0.15) is 11.9 Å². The Labute approximate surface area is 146 Å². The fraction of sp³-hybridized carbons (Fsp3) is 0.125. The van der Waals surface area contributed by atoms with Crippen LogP contribution in [0.4, 0.5) is 8.78 Å². The predicted molar refractivity (Wildman–Crippen MR) is 88.5 cm³/mol. The van der Waals surface area contributed by atoms with Gasteiger partial charge in [-0.2, -0.15) is 11.3 Å². The third kappa shape index (κ3) is 3.79. The molecule has 2 N–H and O–H groups in total. The van der Waals surface area contributed by atoms with E-state index in [1.807, 2.05) is 21.5 Å². The van der Waals surface area contributed by atoms with Crippen molar-refractivity contribution in [2.24, 2.45) is 0 Å². The fourth-order valence-electron chi connectivity index (χ4n) is 2.19. The average Bonchev–Trinajstić information content (AvgIpc) is 3.23. The second-order valence-corrected chi connectivity index (χ2v) is 7.62. The lowest BCUT2D eigenvalue weighted by molar-refractivity contribution is 0.155. The molecule has 2 aromatic heterocycles. The molecule has 25 heavy (non-hydrogen) atoms. The number of furan rings is 1. The number of aliphatic hydroxyl groups excluding tert-OH is 1. The number of benzene rings is 1. The van der Waals surface area contributed by atoms with Crippen molar-refractivity contribution in [3.63, 3.8) is 0 Å². The van der Waals surface area contributed by atoms with Gasteiger partial charge in [0.15, 0.2) is 4.90 Å². The molecule has 0 unspecified atom stereocenters. The molecule has 3 rings (SSSR count). The number of halogens is 2. The van der Waals surface area contributed by atoms with Crippen LogP contribution in [-0.2, 0) is 10.0 Å². The Morgan fingerprint density at radius 1 is 1.16 bits per heavy atom. The predicted octanol–water partition coefficient (Wildman–Crippen LogP) is 3.30. The van der Waals surface area contributed by atoms with Crippen molar-refractivity contribution in [3.05, 3.63) is 64.6 Å². The highest BCUT2D eigenvalue weighted by atomic mass is 32.2. The molecule has 1 aromatic carbocycles. The molecule has 0 spiro atoms. The van der Waals surface area contributed by atoms with Gasteiger partial charge in [0, 0.05) is 17.5 Å². The van der Waals surface area contributed by atoms with Gasteiger partial charge in [0.25, 0.3) is 0 Å². The number of thiophene rings is 1. The molecule has 0 amide bonds. The van der Waals surface area contributed by atoms with E-state index in [2.05, 4.69) is 0 Å². The summed E-state index contributed by atoms with van der Waals surface area (Å²) in [4.78, 5) is -1.08. The van der Waals surface area contributed by atoms with Gasteiger partial charge < -0.3 is 9.52 Å². The summed E-state index contributed by atoms with van der Waals surface area (Å²) in [6.07, 6.45) is -1.31. The molecular weight excluding hydrogens is 372 g/mol. The van der Waals surface area contributed by atoms with Crippen molar-refractivity contribution in [3.8, 4) is 11.3 Å². The SMILES string of the molecule is O=S(=O)(NC[C@H](O)c1ccc(-c2ccsc2)o1)c1c(F)cccc1F. The van der Waals surface area contributed by atoms with Crippen molar-refractivity contribution in [2.45, 2.75) is 11.0 Å². The molecule has 132 valence electrons. The van der Waals surface area contributed by atoms with Gasteiger partial charge in [-0.1, -0.05) is 6.07 Å². The second kappa shape index (κ2) is 7.04. The van der Waals surface area contributed by atoms with Gasteiger partial charge in [-0.25, -0.2) is 21.9 Å². The van der Waals surface area contributed by atoms with Crippen LogP contribution in [0.5, 0.6) is 0 Å². The summed E-state index contributed by atoms with van der Waals surface area (Å²) in [6, 6.07) is 7.74. The average molecular weight is 385 g/mol. The maximum absolute atomic E-state index is 13.6. The van der Waals surface area contributed by atoms with Crippen LogP contribution in [0.25, 0.3) is 11.3 Å². The largest absolute Gasteiger partial charge is 0.458 e. The molecule has 5 nitrogen and oxygen atoms in total. The van der Waals surface area contributed by atoms with Crippen LogP contribution in [-0.4, -0.2) is 20.1 Å². The smallest absolute Gasteiger partial charge is 0.246 e. The maximum Gasteiger partial charge on any atom is 0.246 e. The summed E-state index contributed by atoms with van der Waals surface area (Å²) in [5, 5.41) is 13.8. The first kappa shape index (κ1) is 17.7. The van der Waals surface area contributed by atoms with Gasteiger partial charge >= 0.3 is 0 Å². The number of hydrogen-bond acceptors (Lipinski definition) is 5. The number of hydrogen-bond donors (Lipinski definition) is 2. The Bertz CT molecular complexity index is 948. The Hall–Kier alpha value is -2.07. The molecule has 0 aliphatic rings. The van der Waals surface area contributed by atoms with Gasteiger partial charge in [0.1, 0.15) is 29.3 Å². The van der Waals surface area contributed by atoms with Crippen LogP contribution in [0.15, 0.2) is 56.5 Å². The number of aliphatic hydroxyl groups is 1. The van der Waals surface area contributed by atoms with Crippen molar-refractivity contribution in [2.75, 3.05) is 6.54 Å². The first-order valence-electron chi connectivity index (χ1n) is 7.12. The van der Waals surface area contributed by atoms with Crippen molar-refractivity contribution >= 4 is 21.4 Å². The summed E-state index contributed by atoms with van der Waals surface area (Å²) in [6.45, 7) is -0.493. The molecule has 0 aliphatic carbocycles. The molecule has 0 bridgehead atoms. The normalized spacial score (nSPS) is 13.1. The van der Waals surface area contributed by atoms with E-state index in [1.54, 1.807) is 6.07 Å². The summed E-state index contributed by atoms with van der Waals surface area (Å²) < 4.78 is 58.8. The van der Waals surface area contributed by atoms with E-state index in [4.69, 9.17) is 4.42 Å². The zero-order valence-corrected chi connectivity index (χ0v) is 14.3. The molecule has 0 aliphatic heterocycles. The summed E-state index contributed by atoms with van der Waals surface area (Å²) >= 11 is 1.48. The zero-order valence-electron chi connectivity index (χ0n) is 12.6. The Balaban J connectivity index is 1.73. The Morgan fingerprint density at radius 3 is 2.52 bits per heavy atom. The second-order valence-electron chi connectivity index (χ2n) is 5.13. The highest BCUT2D eigenvalue weighted by Crippen LogP contribution is 2.27. The number of nitrogens with one attached hydrogen (secondary N) is 1. The van der Waals surface area contributed by atoms with Crippen LogP contribution < -0.4 is 4.72 Å². The lowest BCUT2D eigenvalue weighted by Gasteiger charge is -2.11. The monoisotopic (exact) mass is 385 g/mol. The fourth-order valence-corrected chi connectivity index (χ4v) is 4.01. The van der Waals surface area contributed by atoms with Crippen LogP contribution in [0.3, 0.4) is 0 Å². The lowest BCUT2D eigenvalue weighted by Crippen LogP contribution is -2.29. The molecule has 0 radical (unpaired) electrons. The minimum absolute atomic E-state index is 0.137. The van der Waals surface area contributed by atoms with Crippen LogP contribution in [0.2, 0.25) is 0 Å². The van der Waals surface area contributed by atoms with E-state index in [9.17, 15) is 22.3 Å². The first-order chi connectivity index (χ1) is 11.9. The molecule has 2 heterocycles. The highest BCUT2D eigenvalue weighted by molar-refractivity contribution is 7.89. The summed E-state index contributed by atoms with van der Waals surface area (Å²) in [5.41, 5.74) is 0.831. The van der Waals surface area contributed by atoms with Gasteiger partial charge in [-0.15, -0.1) is 0 Å². The number of sulfonamides is 1. The van der Waals surface area contributed by atoms with Crippen molar-refractivity contribution in [1.82, 2.24) is 4.72 Å². The first-order valence-corrected chi connectivity index (χ1v) is 9.55. The minimum Gasteiger partial charge on any atom is -0.458 e. The van der Waals surface area contributed by atoms with E-state index in [1.165, 1.54) is 17.4 Å². The molecule has 0 saturated carbocycles. The Morgan fingerprint density at radius 2 is 1.88 bits per heavy atom. The lowest BCUT2D eigenvalue weighted by atomic mass is 10.2. The van der Waals surface area contributed by atoms with Gasteiger partial charge in [-0.05, 0) is 35.7 Å². The Kier molecular flexibility index (Phi) is 5.00. The molecule has 3 aromatic rings. The molecule has 1 atom stereocenters. The van der Waals surface area contributed by atoms with Gasteiger partial charge in [0.05, 0.1) is 0 Å². The standard InChI is InChI=1S/C16H13F2NO4S2/c17-11-2-1-3-12(18)16(11)25(21,22)19-8-13(20)15-5-4-14(23-15)10-6-7-24-9-10/h1-7,9,13,19-20H,8H2/t13-/m0/s1. The summed E-state index contributed by atoms with van der Waals surface area (Å²) in [7, 11) is -4.46. The minimum atomic E-state index is -4.46.